The fraction of sp³-hybridized carbons (Fsp3) is 0.500. The van der Waals surface area contributed by atoms with Gasteiger partial charge in [-0.05, 0) is 44.9 Å². The van der Waals surface area contributed by atoms with E-state index in [0.29, 0.717) is 6.54 Å². The summed E-state index contributed by atoms with van der Waals surface area (Å²) in [5.74, 6) is -1.72. The zero-order valence-corrected chi connectivity index (χ0v) is 13.5. The Morgan fingerprint density at radius 1 is 1.43 bits per heavy atom. The van der Waals surface area contributed by atoms with Gasteiger partial charge in [0, 0.05) is 12.1 Å². The lowest BCUT2D eigenvalue weighted by Gasteiger charge is -2.31. The summed E-state index contributed by atoms with van der Waals surface area (Å²) in [5, 5.41) is -0.205. The zero-order chi connectivity index (χ0) is 15.8. The molecule has 116 valence electrons. The van der Waals surface area contributed by atoms with Gasteiger partial charge in [0.15, 0.2) is 9.84 Å². The summed E-state index contributed by atoms with van der Waals surface area (Å²) < 4.78 is 37.6. The van der Waals surface area contributed by atoms with Gasteiger partial charge in [-0.3, -0.25) is 4.79 Å². The molecule has 0 N–H and O–H groups in total. The number of carbonyl (C=O) groups excluding carboxylic acids is 1. The van der Waals surface area contributed by atoms with Gasteiger partial charge >= 0.3 is 0 Å². The molecule has 7 heteroatoms. The van der Waals surface area contributed by atoms with Crippen LogP contribution in [-0.2, 0) is 14.6 Å². The molecule has 2 rings (SSSR count). The van der Waals surface area contributed by atoms with Crippen molar-refractivity contribution in [1.29, 1.82) is 0 Å². The first kappa shape index (κ1) is 16.2. The van der Waals surface area contributed by atoms with E-state index in [4.69, 9.17) is 11.6 Å². The van der Waals surface area contributed by atoms with Crippen LogP contribution in [0.1, 0.15) is 26.7 Å². The fourth-order valence-electron chi connectivity index (χ4n) is 2.62. The maximum atomic E-state index is 13.0. The largest absolute Gasteiger partial charge is 0.337 e. The van der Waals surface area contributed by atoms with Gasteiger partial charge in [0.2, 0.25) is 5.91 Å². The van der Waals surface area contributed by atoms with E-state index < -0.39 is 27.3 Å². The lowest BCUT2D eigenvalue weighted by Crippen LogP contribution is -2.45. The van der Waals surface area contributed by atoms with Crippen molar-refractivity contribution in [3.8, 4) is 0 Å². The van der Waals surface area contributed by atoms with Crippen LogP contribution in [0.2, 0.25) is 5.02 Å². The molecule has 1 aromatic rings. The summed E-state index contributed by atoms with van der Waals surface area (Å²) in [6.45, 7) is 4.38. The molecule has 1 aromatic carbocycles. The number of carbonyl (C=O) groups is 1. The van der Waals surface area contributed by atoms with Gasteiger partial charge < -0.3 is 4.90 Å². The van der Waals surface area contributed by atoms with Crippen molar-refractivity contribution >= 4 is 27.3 Å². The van der Waals surface area contributed by atoms with Crippen LogP contribution in [0.15, 0.2) is 23.1 Å². The molecule has 21 heavy (non-hydrogen) atoms. The number of halogens is 2. The Balaban J connectivity index is 2.23. The average molecular weight is 334 g/mol. The highest BCUT2D eigenvalue weighted by molar-refractivity contribution is 7.92. The molecule has 0 saturated carbocycles. The Labute approximate surface area is 128 Å². The predicted molar refractivity (Wildman–Crippen MR) is 78.5 cm³/mol. The molecule has 0 unspecified atom stereocenters. The lowest BCUT2D eigenvalue weighted by atomic mass is 10.0. The van der Waals surface area contributed by atoms with Gasteiger partial charge in [-0.2, -0.15) is 0 Å². The highest BCUT2D eigenvalue weighted by atomic mass is 35.5. The quantitative estimate of drug-likeness (QED) is 0.799. The smallest absolute Gasteiger partial charge is 0.238 e. The van der Waals surface area contributed by atoms with E-state index in [1.165, 1.54) is 0 Å². The Bertz CT molecular complexity index is 673. The molecular weight excluding hydrogens is 317 g/mol. The van der Waals surface area contributed by atoms with E-state index in [0.717, 1.165) is 31.0 Å². The van der Waals surface area contributed by atoms with Crippen LogP contribution in [-0.4, -0.2) is 37.1 Å². The molecular formula is C14H17ClFNO3S. The van der Waals surface area contributed by atoms with Gasteiger partial charge in [-0.25, -0.2) is 12.8 Å². The third kappa shape index (κ3) is 3.37. The van der Waals surface area contributed by atoms with E-state index in [2.05, 4.69) is 0 Å². The maximum absolute atomic E-state index is 13.0. The van der Waals surface area contributed by atoms with E-state index in [1.54, 1.807) is 4.90 Å². The summed E-state index contributed by atoms with van der Waals surface area (Å²) >= 11 is 5.77. The van der Waals surface area contributed by atoms with Crippen molar-refractivity contribution < 1.29 is 17.6 Å². The summed E-state index contributed by atoms with van der Waals surface area (Å²) in [4.78, 5) is 13.6. The minimum absolute atomic E-state index is 0.205. The van der Waals surface area contributed by atoms with E-state index >= 15 is 0 Å². The minimum Gasteiger partial charge on any atom is -0.337 e. The fourth-order valence-corrected chi connectivity index (χ4v) is 4.40. The van der Waals surface area contributed by atoms with Gasteiger partial charge in [0.1, 0.15) is 11.6 Å². The Morgan fingerprint density at radius 2 is 2.10 bits per heavy atom. The molecule has 0 atom stereocenters. The van der Waals surface area contributed by atoms with Crippen LogP contribution in [0.25, 0.3) is 0 Å². The van der Waals surface area contributed by atoms with Crippen LogP contribution in [0.4, 0.5) is 4.39 Å². The number of hydrogen-bond donors (Lipinski definition) is 0. The Hall–Kier alpha value is -1.14. The van der Waals surface area contributed by atoms with Gasteiger partial charge in [-0.15, -0.1) is 0 Å². The number of rotatable bonds is 3. The van der Waals surface area contributed by atoms with Crippen LogP contribution < -0.4 is 0 Å². The standard InChI is InChI=1S/C14H17ClFNO3S/c1-14(2)6-3-7-17(14)13(18)9-21(19,20)12-5-4-10(16)8-11(12)15/h4-5,8H,3,6-7,9H2,1-2H3. The molecule has 1 aliphatic heterocycles. The van der Waals surface area contributed by atoms with Crippen molar-refractivity contribution in [3.63, 3.8) is 0 Å². The van der Waals surface area contributed by atoms with Crippen molar-refractivity contribution in [1.82, 2.24) is 4.90 Å². The molecule has 0 bridgehead atoms. The normalized spacial score (nSPS) is 18.0. The topological polar surface area (TPSA) is 54.5 Å². The minimum atomic E-state index is -3.88. The first-order valence-electron chi connectivity index (χ1n) is 6.62. The molecule has 4 nitrogen and oxygen atoms in total. The first-order valence-corrected chi connectivity index (χ1v) is 8.65. The van der Waals surface area contributed by atoms with Crippen LogP contribution in [0.3, 0.4) is 0 Å². The van der Waals surface area contributed by atoms with Crippen molar-refractivity contribution in [2.24, 2.45) is 0 Å². The Kier molecular flexibility index (Phi) is 4.31. The molecule has 0 spiro atoms. The molecule has 1 aliphatic rings. The second-order valence-electron chi connectivity index (χ2n) is 5.80. The van der Waals surface area contributed by atoms with Crippen LogP contribution in [0, 0.1) is 5.82 Å². The van der Waals surface area contributed by atoms with Gasteiger partial charge in [-0.1, -0.05) is 11.6 Å². The summed E-state index contributed by atoms with van der Waals surface area (Å²) in [7, 11) is -3.88. The number of benzene rings is 1. The van der Waals surface area contributed by atoms with Gasteiger partial charge in [0.05, 0.1) is 9.92 Å². The predicted octanol–water partition coefficient (Wildman–Crippen LogP) is 2.65. The number of likely N-dealkylation sites (tertiary alicyclic amines) is 1. The highest BCUT2D eigenvalue weighted by Crippen LogP contribution is 2.29. The van der Waals surface area contributed by atoms with Crippen molar-refractivity contribution in [3.05, 3.63) is 29.0 Å². The number of sulfone groups is 1. The Morgan fingerprint density at radius 3 is 2.62 bits per heavy atom. The second kappa shape index (κ2) is 5.57. The first-order chi connectivity index (χ1) is 9.63. The molecule has 1 amide bonds. The summed E-state index contributed by atoms with van der Waals surface area (Å²) in [5.41, 5.74) is -0.334. The van der Waals surface area contributed by atoms with E-state index in [9.17, 15) is 17.6 Å². The van der Waals surface area contributed by atoms with Crippen LogP contribution in [0.5, 0.6) is 0 Å². The van der Waals surface area contributed by atoms with Crippen LogP contribution >= 0.6 is 11.6 Å². The highest BCUT2D eigenvalue weighted by Gasteiger charge is 2.37. The molecule has 0 aliphatic carbocycles. The zero-order valence-electron chi connectivity index (χ0n) is 11.9. The van der Waals surface area contributed by atoms with Gasteiger partial charge in [0.25, 0.3) is 0 Å². The van der Waals surface area contributed by atoms with Crippen molar-refractivity contribution in [2.75, 3.05) is 12.3 Å². The van der Waals surface area contributed by atoms with E-state index in [-0.39, 0.29) is 15.5 Å². The average Bonchev–Trinajstić information content (AvgIpc) is 2.67. The maximum Gasteiger partial charge on any atom is 0.238 e. The molecule has 1 fully saturated rings. The number of nitrogens with zero attached hydrogens (tertiary/aromatic N) is 1. The summed E-state index contributed by atoms with van der Waals surface area (Å²) in [6, 6.07) is 3.04. The monoisotopic (exact) mass is 333 g/mol. The second-order valence-corrected chi connectivity index (χ2v) is 8.16. The molecule has 0 aromatic heterocycles. The van der Waals surface area contributed by atoms with Crippen molar-refractivity contribution in [2.45, 2.75) is 37.1 Å². The lowest BCUT2D eigenvalue weighted by molar-refractivity contribution is -0.131. The summed E-state index contributed by atoms with van der Waals surface area (Å²) in [6.07, 6.45) is 1.70. The van der Waals surface area contributed by atoms with E-state index in [1.807, 2.05) is 13.8 Å². The third-order valence-electron chi connectivity index (χ3n) is 3.74. The molecule has 0 radical (unpaired) electrons. The third-order valence-corrected chi connectivity index (χ3v) is 5.82. The number of amides is 1. The molecule has 1 saturated heterocycles. The SMILES string of the molecule is CC1(C)CCCN1C(=O)CS(=O)(=O)c1ccc(F)cc1Cl. The molecule has 1 heterocycles. The number of hydrogen-bond acceptors (Lipinski definition) is 3.